The number of para-hydroxylation sites is 1. The van der Waals surface area contributed by atoms with E-state index < -0.39 is 0 Å². The van der Waals surface area contributed by atoms with E-state index in [1.165, 1.54) is 88.3 Å². The molecule has 2 nitrogen and oxygen atoms in total. The number of hydrogen-bond acceptors (Lipinski definition) is 0. The van der Waals surface area contributed by atoms with Gasteiger partial charge in [0.1, 0.15) is 0 Å². The fraction of sp³-hybridized carbons (Fsp3) is 0.115. The Morgan fingerprint density at radius 2 is 1.09 bits per heavy atom. The Morgan fingerprint density at radius 1 is 0.481 bits per heavy atom. The third-order valence-electron chi connectivity index (χ3n) is 11.4. The maximum Gasteiger partial charge on any atom is 0.0560 e. The summed E-state index contributed by atoms with van der Waals surface area (Å²) in [5.74, 6) is 0. The molecule has 2 heterocycles. The Labute approximate surface area is 316 Å². The van der Waals surface area contributed by atoms with E-state index in [1.54, 1.807) is 0 Å². The van der Waals surface area contributed by atoms with Crippen LogP contribution < -0.4 is 0 Å². The molecule has 2 aromatic heterocycles. The lowest BCUT2D eigenvalue weighted by atomic mass is 9.81. The Hall–Kier alpha value is -6.38. The summed E-state index contributed by atoms with van der Waals surface area (Å²) in [6.07, 6.45) is 8.04. The summed E-state index contributed by atoms with van der Waals surface area (Å²) < 4.78 is 5.06. The van der Waals surface area contributed by atoms with Crippen molar-refractivity contribution >= 4 is 49.2 Å². The zero-order valence-corrected chi connectivity index (χ0v) is 31.0. The van der Waals surface area contributed by atoms with E-state index in [0.717, 1.165) is 6.42 Å². The Bertz CT molecular complexity index is 2910. The maximum absolute atomic E-state index is 2.56. The first-order chi connectivity index (χ1) is 26.4. The van der Waals surface area contributed by atoms with E-state index in [9.17, 15) is 0 Å². The van der Waals surface area contributed by atoms with Crippen LogP contribution >= 0.6 is 0 Å². The van der Waals surface area contributed by atoms with Crippen molar-refractivity contribution in [3.63, 3.8) is 0 Å². The van der Waals surface area contributed by atoms with E-state index in [1.807, 2.05) is 0 Å². The van der Waals surface area contributed by atoms with Gasteiger partial charge in [-0.1, -0.05) is 154 Å². The average molecular weight is 695 g/mol. The SMILES string of the molecule is CC(C)(C)c1cc2c(cc1-c1ccccc1)c1ccccc1n2-c1ccc2c(c1)c1cc(-c3ccccc3)ccc1n2C1C=CC(c2ccccc2)=CC1. The summed E-state index contributed by atoms with van der Waals surface area (Å²) in [6, 6.07) is 60.5. The zero-order valence-electron chi connectivity index (χ0n) is 31.0. The van der Waals surface area contributed by atoms with Crippen molar-refractivity contribution in [3.05, 3.63) is 193 Å². The molecule has 1 unspecified atom stereocenters. The number of allylic oxidation sites excluding steroid dienone is 4. The highest BCUT2D eigenvalue weighted by Crippen LogP contribution is 2.43. The molecule has 9 aromatic rings. The number of benzene rings is 7. The molecule has 0 spiro atoms. The van der Waals surface area contributed by atoms with Gasteiger partial charge in [0.05, 0.1) is 17.1 Å². The van der Waals surface area contributed by atoms with Gasteiger partial charge >= 0.3 is 0 Å². The molecule has 1 atom stereocenters. The lowest BCUT2D eigenvalue weighted by molar-refractivity contribution is 0.592. The third kappa shape index (κ3) is 5.32. The molecule has 0 amide bonds. The lowest BCUT2D eigenvalue weighted by Gasteiger charge is -2.24. The maximum atomic E-state index is 2.56. The molecular weight excluding hydrogens is 653 g/mol. The van der Waals surface area contributed by atoms with Gasteiger partial charge in [-0.05, 0) is 99.3 Å². The van der Waals surface area contributed by atoms with Crippen LogP contribution in [0.2, 0.25) is 0 Å². The molecule has 54 heavy (non-hydrogen) atoms. The fourth-order valence-electron chi connectivity index (χ4n) is 8.76. The van der Waals surface area contributed by atoms with Gasteiger partial charge in [0.15, 0.2) is 0 Å². The highest BCUT2D eigenvalue weighted by atomic mass is 15.0. The van der Waals surface area contributed by atoms with Crippen molar-refractivity contribution < 1.29 is 0 Å². The molecule has 0 N–H and O–H groups in total. The normalized spacial score (nSPS) is 14.7. The topological polar surface area (TPSA) is 9.86 Å². The van der Waals surface area contributed by atoms with E-state index in [4.69, 9.17) is 0 Å². The minimum absolute atomic E-state index is 0.0474. The fourth-order valence-corrected chi connectivity index (χ4v) is 8.76. The number of nitrogens with zero attached hydrogens (tertiary/aromatic N) is 2. The van der Waals surface area contributed by atoms with Crippen molar-refractivity contribution in [1.29, 1.82) is 0 Å². The van der Waals surface area contributed by atoms with Crippen molar-refractivity contribution in [2.45, 2.75) is 38.6 Å². The predicted molar refractivity (Wildman–Crippen MR) is 231 cm³/mol. The minimum atomic E-state index is -0.0474. The van der Waals surface area contributed by atoms with Gasteiger partial charge in [0.25, 0.3) is 0 Å². The molecule has 260 valence electrons. The van der Waals surface area contributed by atoms with Gasteiger partial charge in [0.2, 0.25) is 0 Å². The molecule has 0 saturated heterocycles. The van der Waals surface area contributed by atoms with Gasteiger partial charge in [-0.2, -0.15) is 0 Å². The van der Waals surface area contributed by atoms with Crippen LogP contribution in [-0.4, -0.2) is 9.13 Å². The first kappa shape index (κ1) is 32.3. The van der Waals surface area contributed by atoms with Crippen LogP contribution in [0.25, 0.3) is 77.1 Å². The summed E-state index contributed by atoms with van der Waals surface area (Å²) in [7, 11) is 0. The molecule has 0 radical (unpaired) electrons. The highest BCUT2D eigenvalue weighted by Gasteiger charge is 2.24. The van der Waals surface area contributed by atoms with Crippen molar-refractivity contribution in [2.75, 3.05) is 0 Å². The van der Waals surface area contributed by atoms with E-state index in [-0.39, 0.29) is 11.5 Å². The summed E-state index contributed by atoms with van der Waals surface area (Å²) in [6.45, 7) is 6.99. The Balaban J connectivity index is 1.20. The van der Waals surface area contributed by atoms with Crippen molar-refractivity contribution in [1.82, 2.24) is 9.13 Å². The quantitative estimate of drug-likeness (QED) is 0.170. The second-order valence-corrected chi connectivity index (χ2v) is 15.7. The van der Waals surface area contributed by atoms with Gasteiger partial charge in [-0.15, -0.1) is 0 Å². The van der Waals surface area contributed by atoms with Gasteiger partial charge < -0.3 is 9.13 Å². The molecule has 1 aliphatic rings. The molecule has 0 fully saturated rings. The smallest absolute Gasteiger partial charge is 0.0560 e. The average Bonchev–Trinajstić information content (AvgIpc) is 3.72. The summed E-state index contributed by atoms with van der Waals surface area (Å²) in [5, 5.41) is 5.10. The van der Waals surface area contributed by atoms with Crippen LogP contribution in [0.15, 0.2) is 182 Å². The molecule has 10 rings (SSSR count). The predicted octanol–water partition coefficient (Wildman–Crippen LogP) is 14.1. The molecule has 0 aliphatic heterocycles. The van der Waals surface area contributed by atoms with E-state index in [2.05, 4.69) is 212 Å². The molecule has 0 bridgehead atoms. The number of aromatic nitrogens is 2. The van der Waals surface area contributed by atoms with Crippen LogP contribution in [0.1, 0.15) is 44.4 Å². The van der Waals surface area contributed by atoms with Crippen LogP contribution in [0.3, 0.4) is 0 Å². The highest BCUT2D eigenvalue weighted by molar-refractivity contribution is 6.13. The number of fused-ring (bicyclic) bond motifs is 6. The number of rotatable bonds is 5. The van der Waals surface area contributed by atoms with Crippen LogP contribution in [-0.2, 0) is 5.41 Å². The van der Waals surface area contributed by atoms with Gasteiger partial charge in [0, 0.05) is 38.3 Å². The van der Waals surface area contributed by atoms with E-state index in [0.29, 0.717) is 0 Å². The van der Waals surface area contributed by atoms with Gasteiger partial charge in [-0.25, -0.2) is 0 Å². The van der Waals surface area contributed by atoms with Crippen molar-refractivity contribution in [3.8, 4) is 27.9 Å². The standard InChI is InChI=1S/C52H42N2/c1-52(2,3)47-34-51-46(33-43(47)38-19-11-6-12-20-38)42-21-13-14-22-48(42)54(51)41-28-30-50-45(32-41)44-31-39(36-17-9-5-10-18-36)25-29-49(44)53(50)40-26-23-37(24-27-40)35-15-7-4-8-16-35/h4-26,28-34,40H,27H2,1-3H3. The minimum Gasteiger partial charge on any atom is -0.333 e. The first-order valence-corrected chi connectivity index (χ1v) is 19.1. The molecular formula is C52H42N2. The van der Waals surface area contributed by atoms with Crippen LogP contribution in [0.5, 0.6) is 0 Å². The Morgan fingerprint density at radius 3 is 1.78 bits per heavy atom. The van der Waals surface area contributed by atoms with Crippen molar-refractivity contribution in [2.24, 2.45) is 0 Å². The zero-order chi connectivity index (χ0) is 36.4. The largest absolute Gasteiger partial charge is 0.333 e. The molecule has 2 heteroatoms. The second-order valence-electron chi connectivity index (χ2n) is 15.7. The summed E-state index contributed by atoms with van der Waals surface area (Å²) >= 11 is 0. The van der Waals surface area contributed by atoms with E-state index >= 15 is 0 Å². The first-order valence-electron chi connectivity index (χ1n) is 19.1. The second kappa shape index (κ2) is 12.6. The summed E-state index contributed by atoms with van der Waals surface area (Å²) in [5.41, 5.74) is 15.0. The van der Waals surface area contributed by atoms with Crippen LogP contribution in [0.4, 0.5) is 0 Å². The Kier molecular flexibility index (Phi) is 7.56. The lowest BCUT2D eigenvalue weighted by Crippen LogP contribution is -2.13. The molecule has 0 saturated carbocycles. The third-order valence-corrected chi connectivity index (χ3v) is 11.4. The van der Waals surface area contributed by atoms with Gasteiger partial charge in [-0.3, -0.25) is 0 Å². The monoisotopic (exact) mass is 694 g/mol. The molecule has 7 aromatic carbocycles. The number of hydrogen-bond donors (Lipinski definition) is 0. The van der Waals surface area contributed by atoms with Crippen LogP contribution in [0, 0.1) is 0 Å². The summed E-state index contributed by atoms with van der Waals surface area (Å²) in [4.78, 5) is 0. The molecule has 1 aliphatic carbocycles.